The first kappa shape index (κ1) is 28.5. The van der Waals surface area contributed by atoms with Crippen molar-refractivity contribution in [2.75, 3.05) is 45.0 Å². The number of rotatable bonds is 6. The molecule has 0 atom stereocenters. The van der Waals surface area contributed by atoms with Crippen LogP contribution in [-0.4, -0.2) is 102 Å². The van der Waals surface area contributed by atoms with Crippen LogP contribution in [0.5, 0.6) is 11.6 Å². The highest BCUT2D eigenvalue weighted by molar-refractivity contribution is 5.98. The van der Waals surface area contributed by atoms with Crippen LogP contribution in [0.3, 0.4) is 0 Å². The maximum Gasteiger partial charge on any atom is 0.410 e. The number of para-hydroxylation sites is 1. The van der Waals surface area contributed by atoms with E-state index in [2.05, 4.69) is 24.8 Å². The molecule has 3 aliphatic heterocycles. The summed E-state index contributed by atoms with van der Waals surface area (Å²) < 4.78 is 13.4. The molecule has 0 unspecified atom stereocenters. The number of fused-ring (bicyclic) bond motifs is 1. The van der Waals surface area contributed by atoms with Crippen LogP contribution in [0.2, 0.25) is 0 Å². The van der Waals surface area contributed by atoms with Gasteiger partial charge in [-0.25, -0.2) is 24.4 Å². The van der Waals surface area contributed by atoms with E-state index in [1.165, 1.54) is 6.33 Å². The second-order valence-corrected chi connectivity index (χ2v) is 13.0. The lowest BCUT2D eigenvalue weighted by Gasteiger charge is -2.54. The highest BCUT2D eigenvalue weighted by Crippen LogP contribution is 2.35. The Labute approximate surface area is 256 Å². The van der Waals surface area contributed by atoms with E-state index >= 15 is 0 Å². The summed E-state index contributed by atoms with van der Waals surface area (Å²) >= 11 is 0. The molecule has 4 aromatic rings. The summed E-state index contributed by atoms with van der Waals surface area (Å²) in [5, 5.41) is 5.80. The average molecular weight is 598 g/mol. The van der Waals surface area contributed by atoms with Crippen molar-refractivity contribution in [1.82, 2.24) is 39.4 Å². The van der Waals surface area contributed by atoms with E-state index in [-0.39, 0.29) is 12.1 Å². The van der Waals surface area contributed by atoms with Gasteiger partial charge in [0.1, 0.15) is 29.2 Å². The minimum atomic E-state index is -0.458. The molecule has 0 bridgehead atoms. The minimum absolute atomic E-state index is 0.209. The largest absolute Gasteiger partial charge is 0.444 e. The van der Waals surface area contributed by atoms with E-state index in [0.717, 1.165) is 80.2 Å². The summed E-state index contributed by atoms with van der Waals surface area (Å²) in [6.45, 7) is 11.3. The zero-order valence-electron chi connectivity index (χ0n) is 25.5. The Kier molecular flexibility index (Phi) is 7.33. The average Bonchev–Trinajstić information content (AvgIpc) is 3.35. The molecule has 12 nitrogen and oxygen atoms in total. The standard InChI is InChI=1S/C32H39N9O3/c1-32(2,3)44-31(42)40-18-24(19-40)39-16-23(17-39)38-13-11-22(12-14-38)41-30-27(29(33)35-20-36-30)28(37-41)21-9-10-26(34-15-21)43-25-7-5-4-6-8-25/h4-10,15,20,22-24H,11-14,16-19H2,1-3H3,(H2,33,35,36). The quantitative estimate of drug-likeness (QED) is 0.345. The summed E-state index contributed by atoms with van der Waals surface area (Å²) in [6, 6.07) is 14.6. The monoisotopic (exact) mass is 597 g/mol. The molecule has 1 amide bonds. The topological polar surface area (TPSA) is 128 Å². The Morgan fingerprint density at radius 2 is 1.61 bits per heavy atom. The number of ether oxygens (including phenoxy) is 2. The van der Waals surface area contributed by atoms with Crippen LogP contribution in [0.1, 0.15) is 39.7 Å². The van der Waals surface area contributed by atoms with Crippen molar-refractivity contribution < 1.29 is 14.3 Å². The molecule has 0 radical (unpaired) electrons. The first-order valence-electron chi connectivity index (χ1n) is 15.4. The van der Waals surface area contributed by atoms with Crippen molar-refractivity contribution >= 4 is 22.9 Å². The fourth-order valence-electron chi connectivity index (χ4n) is 6.32. The van der Waals surface area contributed by atoms with Gasteiger partial charge in [-0.1, -0.05) is 18.2 Å². The van der Waals surface area contributed by atoms with Crippen molar-refractivity contribution in [2.24, 2.45) is 0 Å². The Morgan fingerprint density at radius 1 is 0.886 bits per heavy atom. The number of amides is 1. The Morgan fingerprint density at radius 3 is 2.30 bits per heavy atom. The van der Waals surface area contributed by atoms with Crippen molar-refractivity contribution in [3.8, 4) is 22.9 Å². The number of nitrogens with zero attached hydrogens (tertiary/aromatic N) is 8. The third-order valence-electron chi connectivity index (χ3n) is 8.78. The van der Waals surface area contributed by atoms with Crippen LogP contribution in [0, 0.1) is 0 Å². The first-order valence-corrected chi connectivity index (χ1v) is 15.4. The van der Waals surface area contributed by atoms with Crippen LogP contribution in [0.15, 0.2) is 55.0 Å². The molecule has 230 valence electrons. The molecule has 2 N–H and O–H groups in total. The summed E-state index contributed by atoms with van der Waals surface area (Å²) in [5.41, 5.74) is 8.24. The summed E-state index contributed by atoms with van der Waals surface area (Å²) in [4.78, 5) is 32.6. The molecule has 0 saturated carbocycles. The molecular formula is C32H39N9O3. The van der Waals surface area contributed by atoms with Crippen molar-refractivity contribution in [2.45, 2.75) is 57.3 Å². The van der Waals surface area contributed by atoms with Crippen molar-refractivity contribution in [3.63, 3.8) is 0 Å². The van der Waals surface area contributed by atoms with E-state index < -0.39 is 5.60 Å². The number of benzene rings is 1. The number of nitrogen functional groups attached to an aromatic ring is 1. The van der Waals surface area contributed by atoms with Gasteiger partial charge in [-0.2, -0.15) is 5.10 Å². The molecule has 3 saturated heterocycles. The molecule has 3 aromatic heterocycles. The van der Waals surface area contributed by atoms with E-state index in [9.17, 15) is 4.79 Å². The predicted molar refractivity (Wildman–Crippen MR) is 166 cm³/mol. The summed E-state index contributed by atoms with van der Waals surface area (Å²) in [5.74, 6) is 1.65. The summed E-state index contributed by atoms with van der Waals surface area (Å²) in [6.07, 6.45) is 5.02. The number of hydrogen-bond acceptors (Lipinski definition) is 10. The molecule has 6 heterocycles. The van der Waals surface area contributed by atoms with Gasteiger partial charge in [0.05, 0.1) is 11.4 Å². The van der Waals surface area contributed by atoms with Crippen molar-refractivity contribution in [1.29, 1.82) is 0 Å². The van der Waals surface area contributed by atoms with Crippen LogP contribution >= 0.6 is 0 Å². The van der Waals surface area contributed by atoms with Gasteiger partial charge in [-0.15, -0.1) is 0 Å². The highest BCUT2D eigenvalue weighted by Gasteiger charge is 2.44. The maximum atomic E-state index is 12.3. The molecule has 1 aromatic carbocycles. The normalized spacial score (nSPS) is 19.1. The number of aromatic nitrogens is 5. The lowest BCUT2D eigenvalue weighted by atomic mass is 9.96. The molecule has 7 rings (SSSR count). The molecule has 0 spiro atoms. The van der Waals surface area contributed by atoms with Crippen LogP contribution < -0.4 is 10.5 Å². The van der Waals surface area contributed by atoms with Gasteiger partial charge < -0.3 is 20.1 Å². The zero-order chi connectivity index (χ0) is 30.4. The Balaban J connectivity index is 0.971. The van der Waals surface area contributed by atoms with E-state index in [4.69, 9.17) is 20.3 Å². The minimum Gasteiger partial charge on any atom is -0.444 e. The third-order valence-corrected chi connectivity index (χ3v) is 8.78. The van der Waals surface area contributed by atoms with Gasteiger partial charge in [0.2, 0.25) is 5.88 Å². The van der Waals surface area contributed by atoms with Crippen LogP contribution in [0.25, 0.3) is 22.3 Å². The molecule has 0 aliphatic carbocycles. The van der Waals surface area contributed by atoms with E-state index in [1.807, 2.05) is 67.9 Å². The fraction of sp³-hybridized carbons (Fsp3) is 0.469. The molecule has 44 heavy (non-hydrogen) atoms. The predicted octanol–water partition coefficient (Wildman–Crippen LogP) is 4.20. The van der Waals surface area contributed by atoms with E-state index in [1.54, 1.807) is 11.1 Å². The van der Waals surface area contributed by atoms with Gasteiger partial charge in [-0.3, -0.25) is 9.80 Å². The Bertz CT molecular complexity index is 1620. The number of carbonyl (C=O) groups excluding carboxylic acids is 1. The zero-order valence-corrected chi connectivity index (χ0v) is 25.5. The van der Waals surface area contributed by atoms with Crippen LogP contribution in [0.4, 0.5) is 10.6 Å². The number of piperidine rings is 1. The third kappa shape index (κ3) is 5.67. The van der Waals surface area contributed by atoms with Gasteiger partial charge in [-0.05, 0) is 51.8 Å². The number of hydrogen-bond donors (Lipinski definition) is 1. The summed E-state index contributed by atoms with van der Waals surface area (Å²) in [7, 11) is 0. The van der Waals surface area contributed by atoms with Crippen molar-refractivity contribution in [3.05, 3.63) is 55.0 Å². The number of carbonyl (C=O) groups is 1. The number of anilines is 1. The maximum absolute atomic E-state index is 12.3. The lowest BCUT2D eigenvalue weighted by Crippen LogP contribution is -2.70. The lowest BCUT2D eigenvalue weighted by molar-refractivity contribution is -0.0623. The van der Waals surface area contributed by atoms with E-state index in [0.29, 0.717) is 23.8 Å². The number of nitrogens with two attached hydrogens (primary N) is 1. The fourth-order valence-corrected chi connectivity index (χ4v) is 6.32. The molecule has 3 fully saturated rings. The van der Waals surface area contributed by atoms with Gasteiger partial charge >= 0.3 is 6.09 Å². The first-order chi connectivity index (χ1) is 21.2. The van der Waals surface area contributed by atoms with Gasteiger partial charge in [0, 0.05) is 69.2 Å². The second-order valence-electron chi connectivity index (χ2n) is 13.0. The SMILES string of the molecule is CC(C)(C)OC(=O)N1CC(N2CC(N3CCC(n4nc(-c5ccc(Oc6ccccc6)nc5)c5c(N)ncnc54)CC3)C2)C1. The second kappa shape index (κ2) is 11.3. The number of pyridine rings is 1. The molecule has 3 aliphatic rings. The number of likely N-dealkylation sites (tertiary alicyclic amines) is 3. The van der Waals surface area contributed by atoms with Gasteiger partial charge in [0.25, 0.3) is 0 Å². The molecular weight excluding hydrogens is 558 g/mol. The van der Waals surface area contributed by atoms with Crippen LogP contribution in [-0.2, 0) is 4.74 Å². The smallest absolute Gasteiger partial charge is 0.410 e. The highest BCUT2D eigenvalue weighted by atomic mass is 16.6. The van der Waals surface area contributed by atoms with Gasteiger partial charge in [0.15, 0.2) is 5.65 Å². The Hall–Kier alpha value is -4.29. The molecule has 12 heteroatoms.